The summed E-state index contributed by atoms with van der Waals surface area (Å²) in [7, 11) is 0. The minimum Gasteiger partial charge on any atom is -0.384 e. The number of hydrogen-bond acceptors (Lipinski definition) is 3. The summed E-state index contributed by atoms with van der Waals surface area (Å²) >= 11 is 9.38. The van der Waals surface area contributed by atoms with E-state index in [-0.39, 0.29) is 5.91 Å². The lowest BCUT2D eigenvalue weighted by atomic mass is 10.1. The van der Waals surface area contributed by atoms with Crippen molar-refractivity contribution >= 4 is 44.9 Å². The molecule has 0 unspecified atom stereocenters. The lowest BCUT2D eigenvalue weighted by Gasteiger charge is -2.09. The molecule has 1 aromatic carbocycles. The Balaban J connectivity index is 2.26. The molecular weight excluding hydrogens is 342 g/mol. The second-order valence-corrected chi connectivity index (χ2v) is 5.53. The summed E-state index contributed by atoms with van der Waals surface area (Å²) in [5.41, 5.74) is 7.48. The van der Waals surface area contributed by atoms with Crippen molar-refractivity contribution in [3.63, 3.8) is 0 Å². The van der Waals surface area contributed by atoms with Crippen LogP contribution in [0.5, 0.6) is 0 Å². The second-order valence-electron chi connectivity index (χ2n) is 4.20. The van der Waals surface area contributed by atoms with Crippen molar-refractivity contribution < 1.29 is 4.79 Å². The van der Waals surface area contributed by atoms with Crippen molar-refractivity contribution in [1.29, 1.82) is 0 Å². The summed E-state index contributed by atoms with van der Waals surface area (Å²) in [6.45, 7) is 1.95. The second kappa shape index (κ2) is 6.24. The zero-order valence-corrected chi connectivity index (χ0v) is 13.1. The van der Waals surface area contributed by atoms with Crippen LogP contribution in [0.2, 0.25) is 5.02 Å². The molecule has 104 valence electrons. The number of aryl methyl sites for hydroxylation is 1. The number of halogens is 2. The number of nitrogens with zero attached hydrogens (tertiary/aromatic N) is 1. The first-order chi connectivity index (χ1) is 9.49. The molecule has 6 heteroatoms. The predicted octanol–water partition coefficient (Wildman–Crippen LogP) is 3.89. The third-order valence-electron chi connectivity index (χ3n) is 2.70. The number of carbonyl (C=O) groups is 1. The van der Waals surface area contributed by atoms with Crippen molar-refractivity contribution in [2.45, 2.75) is 13.3 Å². The van der Waals surface area contributed by atoms with Crippen LogP contribution in [-0.2, 0) is 6.42 Å². The number of rotatable bonds is 3. The summed E-state index contributed by atoms with van der Waals surface area (Å²) in [5, 5.41) is 3.22. The molecule has 2 rings (SSSR count). The number of aromatic nitrogens is 1. The topological polar surface area (TPSA) is 68.0 Å². The maximum Gasteiger partial charge on any atom is 0.255 e. The SMILES string of the molecule is CCc1cc(C(=O)Nc2ccc(Br)cc2Cl)cc(N)n1. The van der Waals surface area contributed by atoms with E-state index < -0.39 is 0 Å². The van der Waals surface area contributed by atoms with Crippen molar-refractivity contribution in [2.75, 3.05) is 11.1 Å². The Bertz CT molecular complexity index is 661. The van der Waals surface area contributed by atoms with E-state index in [1.165, 1.54) is 0 Å². The highest BCUT2D eigenvalue weighted by Crippen LogP contribution is 2.26. The fraction of sp³-hybridized carbons (Fsp3) is 0.143. The zero-order chi connectivity index (χ0) is 14.7. The summed E-state index contributed by atoms with van der Waals surface area (Å²) in [4.78, 5) is 16.3. The molecule has 2 aromatic rings. The highest BCUT2D eigenvalue weighted by Gasteiger charge is 2.11. The molecule has 4 nitrogen and oxygen atoms in total. The molecule has 0 fully saturated rings. The molecule has 0 aliphatic heterocycles. The summed E-state index contributed by atoms with van der Waals surface area (Å²) in [5.74, 6) is 0.0643. The molecule has 0 aliphatic rings. The van der Waals surface area contributed by atoms with E-state index >= 15 is 0 Å². The first-order valence-corrected chi connectivity index (χ1v) is 7.19. The van der Waals surface area contributed by atoms with Gasteiger partial charge in [-0.15, -0.1) is 0 Å². The van der Waals surface area contributed by atoms with Crippen LogP contribution >= 0.6 is 27.5 Å². The Labute approximate surface area is 130 Å². The van der Waals surface area contributed by atoms with Gasteiger partial charge in [0, 0.05) is 15.7 Å². The van der Waals surface area contributed by atoms with E-state index in [1.54, 1.807) is 30.3 Å². The van der Waals surface area contributed by atoms with Gasteiger partial charge < -0.3 is 11.1 Å². The van der Waals surface area contributed by atoms with Crippen molar-refractivity contribution in [2.24, 2.45) is 0 Å². The molecule has 1 aromatic heterocycles. The van der Waals surface area contributed by atoms with Gasteiger partial charge in [-0.3, -0.25) is 4.79 Å². The highest BCUT2D eigenvalue weighted by molar-refractivity contribution is 9.10. The lowest BCUT2D eigenvalue weighted by Crippen LogP contribution is -2.13. The van der Waals surface area contributed by atoms with E-state index in [0.29, 0.717) is 28.5 Å². The van der Waals surface area contributed by atoms with Crippen molar-refractivity contribution in [3.05, 3.63) is 51.1 Å². The van der Waals surface area contributed by atoms with Crippen molar-refractivity contribution in [1.82, 2.24) is 4.98 Å². The first-order valence-electron chi connectivity index (χ1n) is 6.02. The van der Waals surface area contributed by atoms with Crippen LogP contribution in [0.15, 0.2) is 34.8 Å². The molecule has 0 saturated heterocycles. The summed E-state index contributed by atoms with van der Waals surface area (Å²) in [6, 6.07) is 8.52. The number of pyridine rings is 1. The van der Waals surface area contributed by atoms with Gasteiger partial charge in [0.15, 0.2) is 0 Å². The van der Waals surface area contributed by atoms with Gasteiger partial charge in [-0.25, -0.2) is 4.98 Å². The van der Waals surface area contributed by atoms with Crippen LogP contribution in [0.4, 0.5) is 11.5 Å². The standard InChI is InChI=1S/C14H13BrClN3O/c1-2-10-5-8(6-13(17)18-10)14(20)19-12-4-3-9(15)7-11(12)16/h3-7H,2H2,1H3,(H2,17,18)(H,19,20). The van der Waals surface area contributed by atoms with Crippen LogP contribution < -0.4 is 11.1 Å². The summed E-state index contributed by atoms with van der Waals surface area (Å²) < 4.78 is 0.849. The minimum absolute atomic E-state index is 0.266. The maximum atomic E-state index is 12.2. The fourth-order valence-corrected chi connectivity index (χ4v) is 2.43. The minimum atomic E-state index is -0.266. The van der Waals surface area contributed by atoms with Crippen LogP contribution in [0, 0.1) is 0 Å². The van der Waals surface area contributed by atoms with Gasteiger partial charge >= 0.3 is 0 Å². The van der Waals surface area contributed by atoms with Gasteiger partial charge in [0.25, 0.3) is 5.91 Å². The molecule has 20 heavy (non-hydrogen) atoms. The van der Waals surface area contributed by atoms with Gasteiger partial charge in [0.1, 0.15) is 5.82 Å². The molecule has 0 atom stereocenters. The fourth-order valence-electron chi connectivity index (χ4n) is 1.71. The molecule has 0 bridgehead atoms. The molecule has 3 N–H and O–H groups in total. The van der Waals surface area contributed by atoms with Gasteiger partial charge in [-0.05, 0) is 36.8 Å². The van der Waals surface area contributed by atoms with Crippen molar-refractivity contribution in [3.8, 4) is 0 Å². The van der Waals surface area contributed by atoms with Gasteiger partial charge in [-0.2, -0.15) is 0 Å². The van der Waals surface area contributed by atoms with Crippen LogP contribution in [0.3, 0.4) is 0 Å². The van der Waals surface area contributed by atoms with Gasteiger partial charge in [-0.1, -0.05) is 34.5 Å². The number of anilines is 2. The zero-order valence-electron chi connectivity index (χ0n) is 10.8. The van der Waals surface area contributed by atoms with Crippen LogP contribution in [-0.4, -0.2) is 10.9 Å². The van der Waals surface area contributed by atoms with E-state index in [1.807, 2.05) is 6.92 Å². The van der Waals surface area contributed by atoms with Crippen LogP contribution in [0.25, 0.3) is 0 Å². The van der Waals surface area contributed by atoms with Crippen LogP contribution in [0.1, 0.15) is 23.0 Å². The molecular formula is C14H13BrClN3O. The van der Waals surface area contributed by atoms with E-state index in [0.717, 1.165) is 10.2 Å². The molecule has 0 saturated carbocycles. The number of amides is 1. The van der Waals surface area contributed by atoms with Gasteiger partial charge in [0.2, 0.25) is 0 Å². The smallest absolute Gasteiger partial charge is 0.255 e. The third kappa shape index (κ3) is 3.49. The number of nitrogens with two attached hydrogens (primary N) is 1. The monoisotopic (exact) mass is 353 g/mol. The average molecular weight is 355 g/mol. The Morgan fingerprint density at radius 3 is 2.80 bits per heavy atom. The molecule has 1 heterocycles. The number of carbonyl (C=O) groups excluding carboxylic acids is 1. The van der Waals surface area contributed by atoms with E-state index in [9.17, 15) is 4.79 Å². The first kappa shape index (κ1) is 14.8. The van der Waals surface area contributed by atoms with Gasteiger partial charge in [0.05, 0.1) is 10.7 Å². The Kier molecular flexibility index (Phi) is 4.62. The molecule has 1 amide bonds. The highest BCUT2D eigenvalue weighted by atomic mass is 79.9. The average Bonchev–Trinajstić information content (AvgIpc) is 2.41. The molecule has 0 radical (unpaired) electrons. The quantitative estimate of drug-likeness (QED) is 0.878. The molecule has 0 aliphatic carbocycles. The number of nitrogen functional groups attached to an aromatic ring is 1. The number of hydrogen-bond donors (Lipinski definition) is 2. The number of benzene rings is 1. The lowest BCUT2D eigenvalue weighted by molar-refractivity contribution is 0.102. The Morgan fingerprint density at radius 1 is 1.40 bits per heavy atom. The molecule has 0 spiro atoms. The number of nitrogens with one attached hydrogen (secondary N) is 1. The predicted molar refractivity (Wildman–Crippen MR) is 85.1 cm³/mol. The Morgan fingerprint density at radius 2 is 2.15 bits per heavy atom. The summed E-state index contributed by atoms with van der Waals surface area (Å²) in [6.07, 6.45) is 0.713. The third-order valence-corrected chi connectivity index (χ3v) is 3.51. The van der Waals surface area contributed by atoms with E-state index in [2.05, 4.69) is 26.2 Å². The van der Waals surface area contributed by atoms with E-state index in [4.69, 9.17) is 17.3 Å². The normalized spacial score (nSPS) is 10.3. The largest absolute Gasteiger partial charge is 0.384 e. The Hall–Kier alpha value is -1.59. The maximum absolute atomic E-state index is 12.2.